The minimum atomic E-state index is -3.79. The van der Waals surface area contributed by atoms with Crippen LogP contribution in [0.25, 0.3) is 0 Å². The molecule has 0 saturated carbocycles. The summed E-state index contributed by atoms with van der Waals surface area (Å²) in [6.45, 7) is 4.92. The highest BCUT2D eigenvalue weighted by Gasteiger charge is 2.16. The van der Waals surface area contributed by atoms with Crippen LogP contribution in [0.15, 0.2) is 47.1 Å². The fraction of sp³-hybridized carbons (Fsp3) is 0.421. The average Bonchev–Trinajstić information content (AvgIpc) is 3.12. The number of sulfonamides is 1. The number of furan rings is 1. The lowest BCUT2D eigenvalue weighted by Crippen LogP contribution is -2.33. The predicted octanol–water partition coefficient (Wildman–Crippen LogP) is 2.53. The smallest absolute Gasteiger partial charge is 0.241 e. The Morgan fingerprint density at radius 1 is 1.18 bits per heavy atom. The molecular formula is C19H26N2O6S. The molecule has 0 spiro atoms. The Balaban J connectivity index is 1.65. The molecular weight excluding hydrogens is 384 g/mol. The van der Waals surface area contributed by atoms with E-state index in [-0.39, 0.29) is 6.10 Å². The molecule has 0 unspecified atom stereocenters. The van der Waals surface area contributed by atoms with Gasteiger partial charge in [0.05, 0.1) is 12.4 Å². The fourth-order valence-electron chi connectivity index (χ4n) is 2.28. The lowest BCUT2D eigenvalue weighted by molar-refractivity contribution is -0.118. The van der Waals surface area contributed by atoms with E-state index in [1.54, 1.807) is 36.6 Å². The van der Waals surface area contributed by atoms with E-state index in [1.165, 1.54) is 0 Å². The summed E-state index contributed by atoms with van der Waals surface area (Å²) in [5, 5.41) is 2.57. The highest BCUT2D eigenvalue weighted by molar-refractivity contribution is 7.93. The summed E-state index contributed by atoms with van der Waals surface area (Å²) in [7, 11) is -3.79. The Morgan fingerprint density at radius 3 is 2.57 bits per heavy atom. The van der Waals surface area contributed by atoms with Gasteiger partial charge >= 0.3 is 0 Å². The second-order valence-corrected chi connectivity index (χ2v) is 8.11. The Hall–Kier alpha value is -2.52. The molecule has 2 aromatic rings. The molecule has 0 aliphatic carbocycles. The summed E-state index contributed by atoms with van der Waals surface area (Å²) in [4.78, 5) is 11.8. The number of anilines is 1. The average molecular weight is 410 g/mol. The molecule has 154 valence electrons. The lowest BCUT2D eigenvalue weighted by Gasteiger charge is -2.11. The number of rotatable bonds is 12. The molecule has 1 aromatic heterocycles. The van der Waals surface area contributed by atoms with Crippen LogP contribution in [0.5, 0.6) is 5.75 Å². The van der Waals surface area contributed by atoms with Gasteiger partial charge < -0.3 is 19.2 Å². The molecule has 0 aliphatic heterocycles. The van der Waals surface area contributed by atoms with Gasteiger partial charge in [-0.05, 0) is 56.7 Å². The Kier molecular flexibility index (Phi) is 8.34. The highest BCUT2D eigenvalue weighted by atomic mass is 32.2. The van der Waals surface area contributed by atoms with Crippen molar-refractivity contribution in [3.05, 3.63) is 48.4 Å². The van der Waals surface area contributed by atoms with Crippen molar-refractivity contribution in [2.75, 3.05) is 23.6 Å². The molecule has 2 rings (SSSR count). The SMILES string of the molecule is CC(C)Oc1ccc(NS(=O)(=O)CC(=O)NCCCOCc2ccco2)cc1. The number of hydrogen-bond donors (Lipinski definition) is 2. The zero-order chi connectivity index (χ0) is 20.4. The van der Waals surface area contributed by atoms with E-state index in [9.17, 15) is 13.2 Å². The maximum atomic E-state index is 12.1. The topological polar surface area (TPSA) is 107 Å². The van der Waals surface area contributed by atoms with E-state index in [0.717, 1.165) is 5.76 Å². The van der Waals surface area contributed by atoms with Crippen molar-refractivity contribution in [3.8, 4) is 5.75 Å². The molecule has 8 nitrogen and oxygen atoms in total. The number of carbonyl (C=O) groups excluding carboxylic acids is 1. The minimum absolute atomic E-state index is 0.0294. The van der Waals surface area contributed by atoms with Crippen LogP contribution in [0.2, 0.25) is 0 Å². The molecule has 0 radical (unpaired) electrons. The van der Waals surface area contributed by atoms with Crippen molar-refractivity contribution in [3.63, 3.8) is 0 Å². The van der Waals surface area contributed by atoms with E-state index in [1.807, 2.05) is 19.9 Å². The van der Waals surface area contributed by atoms with Crippen LogP contribution in [0.1, 0.15) is 26.0 Å². The number of benzene rings is 1. The number of hydrogen-bond acceptors (Lipinski definition) is 6. The molecule has 1 heterocycles. The normalized spacial score (nSPS) is 11.4. The molecule has 9 heteroatoms. The first-order valence-electron chi connectivity index (χ1n) is 8.98. The Labute approximate surface area is 165 Å². The minimum Gasteiger partial charge on any atom is -0.491 e. The van der Waals surface area contributed by atoms with Crippen LogP contribution in [-0.2, 0) is 26.2 Å². The van der Waals surface area contributed by atoms with E-state index in [2.05, 4.69) is 10.0 Å². The van der Waals surface area contributed by atoms with Crippen molar-refractivity contribution in [2.45, 2.75) is 33.0 Å². The van der Waals surface area contributed by atoms with Crippen molar-refractivity contribution in [1.82, 2.24) is 5.32 Å². The second-order valence-electron chi connectivity index (χ2n) is 6.39. The second kappa shape index (κ2) is 10.7. The monoisotopic (exact) mass is 410 g/mol. The summed E-state index contributed by atoms with van der Waals surface area (Å²) in [5.41, 5.74) is 0.371. The van der Waals surface area contributed by atoms with Crippen LogP contribution in [0.3, 0.4) is 0 Å². The standard InChI is InChI=1S/C19H26N2O6S/c1-15(2)27-17-8-6-16(7-9-17)21-28(23,24)14-19(22)20-10-4-11-25-13-18-5-3-12-26-18/h3,5-9,12,15,21H,4,10-11,13-14H2,1-2H3,(H,20,22). The zero-order valence-corrected chi connectivity index (χ0v) is 16.8. The van der Waals surface area contributed by atoms with Crippen molar-refractivity contribution >= 4 is 21.6 Å². The van der Waals surface area contributed by atoms with Gasteiger partial charge in [0, 0.05) is 18.8 Å². The first-order chi connectivity index (χ1) is 13.3. The zero-order valence-electron chi connectivity index (χ0n) is 16.0. The number of carbonyl (C=O) groups is 1. The predicted molar refractivity (Wildman–Crippen MR) is 106 cm³/mol. The Bertz CT molecular complexity index is 817. The molecule has 28 heavy (non-hydrogen) atoms. The first-order valence-corrected chi connectivity index (χ1v) is 10.6. The van der Waals surface area contributed by atoms with Gasteiger partial charge in [-0.3, -0.25) is 9.52 Å². The van der Waals surface area contributed by atoms with Crippen molar-refractivity contribution < 1.29 is 27.1 Å². The quantitative estimate of drug-likeness (QED) is 0.521. The van der Waals surface area contributed by atoms with Gasteiger partial charge in [0.25, 0.3) is 0 Å². The highest BCUT2D eigenvalue weighted by Crippen LogP contribution is 2.17. The van der Waals surface area contributed by atoms with E-state index in [4.69, 9.17) is 13.9 Å². The Morgan fingerprint density at radius 2 is 1.93 bits per heavy atom. The van der Waals surface area contributed by atoms with Crippen LogP contribution < -0.4 is 14.8 Å². The maximum absolute atomic E-state index is 12.1. The largest absolute Gasteiger partial charge is 0.491 e. The van der Waals surface area contributed by atoms with E-state index in [0.29, 0.717) is 37.6 Å². The van der Waals surface area contributed by atoms with Gasteiger partial charge in [-0.15, -0.1) is 0 Å². The van der Waals surface area contributed by atoms with E-state index >= 15 is 0 Å². The molecule has 0 bridgehead atoms. The summed E-state index contributed by atoms with van der Waals surface area (Å²) in [6, 6.07) is 10.1. The van der Waals surface area contributed by atoms with Gasteiger partial charge in [-0.25, -0.2) is 8.42 Å². The van der Waals surface area contributed by atoms with Gasteiger partial charge in [0.1, 0.15) is 23.9 Å². The van der Waals surface area contributed by atoms with Crippen LogP contribution >= 0.6 is 0 Å². The molecule has 1 aromatic carbocycles. The van der Waals surface area contributed by atoms with Crippen LogP contribution in [-0.4, -0.2) is 39.3 Å². The summed E-state index contributed by atoms with van der Waals surface area (Å²) < 4.78 is 42.6. The van der Waals surface area contributed by atoms with E-state index < -0.39 is 21.7 Å². The number of amides is 1. The van der Waals surface area contributed by atoms with Gasteiger partial charge in [-0.2, -0.15) is 0 Å². The molecule has 2 N–H and O–H groups in total. The van der Waals surface area contributed by atoms with Crippen LogP contribution in [0, 0.1) is 0 Å². The third kappa shape index (κ3) is 8.45. The number of nitrogens with one attached hydrogen (secondary N) is 2. The molecule has 1 amide bonds. The molecule has 0 aliphatic rings. The summed E-state index contributed by atoms with van der Waals surface area (Å²) in [6.07, 6.45) is 2.17. The summed E-state index contributed by atoms with van der Waals surface area (Å²) in [5.74, 6) is 0.151. The van der Waals surface area contributed by atoms with Crippen LogP contribution in [0.4, 0.5) is 5.69 Å². The van der Waals surface area contributed by atoms with Crippen molar-refractivity contribution in [2.24, 2.45) is 0 Å². The number of ether oxygens (including phenoxy) is 2. The molecule has 0 fully saturated rings. The van der Waals surface area contributed by atoms with Crippen molar-refractivity contribution in [1.29, 1.82) is 0 Å². The van der Waals surface area contributed by atoms with Gasteiger partial charge in [0.2, 0.25) is 15.9 Å². The third-order valence-electron chi connectivity index (χ3n) is 3.43. The maximum Gasteiger partial charge on any atom is 0.241 e. The molecule has 0 atom stereocenters. The fourth-order valence-corrected chi connectivity index (χ4v) is 3.30. The third-order valence-corrected chi connectivity index (χ3v) is 4.62. The van der Waals surface area contributed by atoms with Gasteiger partial charge in [0.15, 0.2) is 0 Å². The summed E-state index contributed by atoms with van der Waals surface area (Å²) >= 11 is 0. The molecule has 0 saturated heterocycles. The van der Waals surface area contributed by atoms with Gasteiger partial charge in [-0.1, -0.05) is 0 Å². The lowest BCUT2D eigenvalue weighted by atomic mass is 10.3. The first kappa shape index (κ1) is 21.8.